The lowest BCUT2D eigenvalue weighted by Crippen LogP contribution is -2.60. The Balaban J connectivity index is 1.71. The van der Waals surface area contributed by atoms with E-state index in [-0.39, 0.29) is 24.0 Å². The van der Waals surface area contributed by atoms with Crippen molar-refractivity contribution in [3.63, 3.8) is 0 Å². The van der Waals surface area contributed by atoms with Crippen molar-refractivity contribution in [2.75, 3.05) is 26.2 Å². The molecule has 6 heteroatoms. The van der Waals surface area contributed by atoms with Crippen LogP contribution in [0.15, 0.2) is 0 Å². The maximum atomic E-state index is 11.6. The second-order valence-corrected chi connectivity index (χ2v) is 4.90. The Hall–Kier alpha value is -1.14. The summed E-state index contributed by atoms with van der Waals surface area (Å²) in [5, 5.41) is 8.51. The average Bonchev–Trinajstić information content (AvgIpc) is 2.27. The number of nitrogens with one attached hydrogen (secondary N) is 3. The van der Waals surface area contributed by atoms with Crippen LogP contribution in [-0.4, -0.2) is 49.7 Å². The third-order valence-electron chi connectivity index (χ3n) is 3.17. The third kappa shape index (κ3) is 3.17. The highest BCUT2D eigenvalue weighted by molar-refractivity contribution is 5.88. The standard InChI is InChI=1S/C11H19N3O3/c1-11(6-12-7-11)17-5-9(15)14-8-3-2-4-13-10(8)16/h8,12H,2-7H2,1H3,(H,13,16)(H,14,15). The number of piperidine rings is 1. The van der Waals surface area contributed by atoms with Crippen molar-refractivity contribution in [2.24, 2.45) is 0 Å². The highest BCUT2D eigenvalue weighted by Gasteiger charge is 2.33. The molecule has 2 heterocycles. The maximum Gasteiger partial charge on any atom is 0.246 e. The van der Waals surface area contributed by atoms with E-state index >= 15 is 0 Å². The molecule has 0 saturated carbocycles. The Bertz CT molecular complexity index is 315. The minimum absolute atomic E-state index is 0.0158. The topological polar surface area (TPSA) is 79.5 Å². The molecule has 2 amide bonds. The van der Waals surface area contributed by atoms with Gasteiger partial charge in [0, 0.05) is 19.6 Å². The molecule has 0 spiro atoms. The van der Waals surface area contributed by atoms with E-state index in [1.165, 1.54) is 0 Å². The Morgan fingerprint density at radius 2 is 2.35 bits per heavy atom. The second kappa shape index (κ2) is 5.01. The van der Waals surface area contributed by atoms with Crippen LogP contribution in [0.25, 0.3) is 0 Å². The molecule has 96 valence electrons. The molecular formula is C11H19N3O3. The molecule has 1 atom stereocenters. The van der Waals surface area contributed by atoms with Crippen molar-refractivity contribution in [3.05, 3.63) is 0 Å². The van der Waals surface area contributed by atoms with Gasteiger partial charge in [0.2, 0.25) is 11.8 Å². The van der Waals surface area contributed by atoms with E-state index in [4.69, 9.17) is 4.74 Å². The van der Waals surface area contributed by atoms with E-state index in [0.717, 1.165) is 19.5 Å². The number of hydrogen-bond acceptors (Lipinski definition) is 4. The number of carbonyl (C=O) groups is 2. The summed E-state index contributed by atoms with van der Waals surface area (Å²) < 4.78 is 5.50. The number of rotatable bonds is 4. The van der Waals surface area contributed by atoms with E-state index in [1.54, 1.807) is 0 Å². The molecule has 2 saturated heterocycles. The van der Waals surface area contributed by atoms with Crippen molar-refractivity contribution in [3.8, 4) is 0 Å². The Morgan fingerprint density at radius 3 is 2.94 bits per heavy atom. The van der Waals surface area contributed by atoms with Gasteiger partial charge >= 0.3 is 0 Å². The Kier molecular flexibility index (Phi) is 3.63. The zero-order chi connectivity index (χ0) is 12.3. The van der Waals surface area contributed by atoms with Gasteiger partial charge in [-0.1, -0.05) is 0 Å². The molecule has 0 bridgehead atoms. The van der Waals surface area contributed by atoms with Crippen LogP contribution in [-0.2, 0) is 14.3 Å². The molecule has 0 aromatic heterocycles. The predicted octanol–water partition coefficient (Wildman–Crippen LogP) is -1.24. The quantitative estimate of drug-likeness (QED) is 0.575. The molecule has 3 N–H and O–H groups in total. The van der Waals surface area contributed by atoms with Crippen molar-refractivity contribution in [1.82, 2.24) is 16.0 Å². The van der Waals surface area contributed by atoms with Crippen LogP contribution >= 0.6 is 0 Å². The summed E-state index contributed by atoms with van der Waals surface area (Å²) in [5.41, 5.74) is -0.230. The van der Waals surface area contributed by atoms with Gasteiger partial charge in [-0.2, -0.15) is 0 Å². The number of carbonyl (C=O) groups excluding carboxylic acids is 2. The average molecular weight is 241 g/mol. The molecule has 2 aliphatic heterocycles. The van der Waals surface area contributed by atoms with Crippen molar-refractivity contribution >= 4 is 11.8 Å². The predicted molar refractivity (Wildman–Crippen MR) is 61.4 cm³/mol. The fourth-order valence-electron chi connectivity index (χ4n) is 1.96. The summed E-state index contributed by atoms with van der Waals surface area (Å²) in [6, 6.07) is -0.396. The van der Waals surface area contributed by atoms with Gasteiger partial charge in [0.25, 0.3) is 0 Å². The number of amides is 2. The minimum atomic E-state index is -0.396. The summed E-state index contributed by atoms with van der Waals surface area (Å²) in [5.74, 6) is -0.318. The van der Waals surface area contributed by atoms with Crippen LogP contribution in [0.5, 0.6) is 0 Å². The molecule has 0 aromatic carbocycles. The van der Waals surface area contributed by atoms with E-state index in [2.05, 4.69) is 16.0 Å². The zero-order valence-corrected chi connectivity index (χ0v) is 10.0. The van der Waals surface area contributed by atoms with Gasteiger partial charge in [0.15, 0.2) is 0 Å². The number of hydrogen-bond donors (Lipinski definition) is 3. The lowest BCUT2D eigenvalue weighted by Gasteiger charge is -2.38. The third-order valence-corrected chi connectivity index (χ3v) is 3.17. The highest BCUT2D eigenvalue weighted by Crippen LogP contribution is 2.14. The van der Waals surface area contributed by atoms with Crippen molar-refractivity contribution in [1.29, 1.82) is 0 Å². The van der Waals surface area contributed by atoms with Gasteiger partial charge in [0.05, 0.1) is 5.60 Å². The molecule has 6 nitrogen and oxygen atoms in total. The molecule has 17 heavy (non-hydrogen) atoms. The summed E-state index contributed by atoms with van der Waals surface area (Å²) in [6.45, 7) is 4.21. The van der Waals surface area contributed by atoms with E-state index < -0.39 is 6.04 Å². The first-order valence-electron chi connectivity index (χ1n) is 6.01. The van der Waals surface area contributed by atoms with Crippen LogP contribution in [0.1, 0.15) is 19.8 Å². The zero-order valence-electron chi connectivity index (χ0n) is 10.0. The van der Waals surface area contributed by atoms with Crippen LogP contribution in [0, 0.1) is 0 Å². The highest BCUT2D eigenvalue weighted by atomic mass is 16.5. The molecule has 2 fully saturated rings. The first kappa shape index (κ1) is 12.3. The smallest absolute Gasteiger partial charge is 0.246 e. The molecule has 0 radical (unpaired) electrons. The minimum Gasteiger partial charge on any atom is -0.363 e. The van der Waals surface area contributed by atoms with Crippen LogP contribution in [0.4, 0.5) is 0 Å². The maximum absolute atomic E-state index is 11.6. The van der Waals surface area contributed by atoms with E-state index in [1.807, 2.05) is 6.92 Å². The Morgan fingerprint density at radius 1 is 1.59 bits per heavy atom. The van der Waals surface area contributed by atoms with Gasteiger partial charge in [-0.25, -0.2) is 0 Å². The molecule has 2 aliphatic rings. The lowest BCUT2D eigenvalue weighted by molar-refractivity contribution is -0.139. The number of ether oxygens (including phenoxy) is 1. The van der Waals surface area contributed by atoms with Gasteiger partial charge in [-0.05, 0) is 19.8 Å². The first-order chi connectivity index (χ1) is 8.09. The van der Waals surface area contributed by atoms with Gasteiger partial charge in [0.1, 0.15) is 12.6 Å². The van der Waals surface area contributed by atoms with E-state index in [9.17, 15) is 9.59 Å². The molecular weight excluding hydrogens is 222 g/mol. The molecule has 1 unspecified atom stereocenters. The fourth-order valence-corrected chi connectivity index (χ4v) is 1.96. The van der Waals surface area contributed by atoms with Gasteiger partial charge in [-0.15, -0.1) is 0 Å². The second-order valence-electron chi connectivity index (χ2n) is 4.90. The largest absolute Gasteiger partial charge is 0.363 e. The molecule has 0 aromatic rings. The molecule has 2 rings (SSSR count). The first-order valence-corrected chi connectivity index (χ1v) is 6.01. The summed E-state index contributed by atoms with van der Waals surface area (Å²) in [6.07, 6.45) is 1.61. The monoisotopic (exact) mass is 241 g/mol. The van der Waals surface area contributed by atoms with Crippen LogP contribution in [0.2, 0.25) is 0 Å². The van der Waals surface area contributed by atoms with E-state index in [0.29, 0.717) is 13.0 Å². The lowest BCUT2D eigenvalue weighted by atomic mass is 10.0. The SMILES string of the molecule is CC1(OCC(=O)NC2CCCNC2=O)CNC1. The van der Waals surface area contributed by atoms with Gasteiger partial charge in [-0.3, -0.25) is 9.59 Å². The van der Waals surface area contributed by atoms with Gasteiger partial charge < -0.3 is 20.7 Å². The fraction of sp³-hybridized carbons (Fsp3) is 0.818. The van der Waals surface area contributed by atoms with Crippen LogP contribution < -0.4 is 16.0 Å². The van der Waals surface area contributed by atoms with Crippen molar-refractivity contribution < 1.29 is 14.3 Å². The normalized spacial score (nSPS) is 26.9. The summed E-state index contributed by atoms with van der Waals surface area (Å²) in [7, 11) is 0. The van der Waals surface area contributed by atoms with Crippen LogP contribution in [0.3, 0.4) is 0 Å². The van der Waals surface area contributed by atoms with Crippen molar-refractivity contribution in [2.45, 2.75) is 31.4 Å². The Labute approximate surface area is 100 Å². The summed E-state index contributed by atoms with van der Waals surface area (Å²) >= 11 is 0. The summed E-state index contributed by atoms with van der Waals surface area (Å²) in [4.78, 5) is 23.0. The molecule has 0 aliphatic carbocycles.